The fourth-order valence-corrected chi connectivity index (χ4v) is 3.99. The third-order valence-corrected chi connectivity index (χ3v) is 5.59. The third-order valence-electron chi connectivity index (χ3n) is 5.59. The van der Waals surface area contributed by atoms with E-state index >= 15 is 0 Å². The number of ether oxygens (including phenoxy) is 1. The van der Waals surface area contributed by atoms with Crippen LogP contribution >= 0.6 is 0 Å². The van der Waals surface area contributed by atoms with Crippen LogP contribution in [0.5, 0.6) is 0 Å². The molecule has 2 fully saturated rings. The highest BCUT2D eigenvalue weighted by molar-refractivity contribution is 5.90. The lowest BCUT2D eigenvalue weighted by Gasteiger charge is -2.16. The molecule has 2 aromatic rings. The van der Waals surface area contributed by atoms with E-state index in [0.717, 1.165) is 25.2 Å². The lowest BCUT2D eigenvalue weighted by Crippen LogP contribution is -2.33. The van der Waals surface area contributed by atoms with Crippen molar-refractivity contribution in [3.8, 4) is 11.1 Å². The minimum Gasteiger partial charge on any atom is -0.442 e. The molecule has 2 amide bonds. The highest BCUT2D eigenvalue weighted by Crippen LogP contribution is 2.29. The van der Waals surface area contributed by atoms with Gasteiger partial charge in [0.1, 0.15) is 11.9 Å². The van der Waals surface area contributed by atoms with Gasteiger partial charge >= 0.3 is 6.09 Å². The molecule has 2 saturated heterocycles. The number of anilines is 1. The minimum absolute atomic E-state index is 0.189. The molecule has 2 aliphatic rings. The largest absolute Gasteiger partial charge is 0.442 e. The van der Waals surface area contributed by atoms with Gasteiger partial charge in [-0.15, -0.1) is 0 Å². The van der Waals surface area contributed by atoms with Crippen LogP contribution in [0.3, 0.4) is 0 Å². The van der Waals surface area contributed by atoms with Crippen LogP contribution in [0.4, 0.5) is 14.9 Å². The molecule has 0 bridgehead atoms. The van der Waals surface area contributed by atoms with Crippen molar-refractivity contribution in [1.29, 1.82) is 0 Å². The number of rotatable bonds is 6. The normalized spacial score (nSPS) is 19.2. The van der Waals surface area contributed by atoms with Crippen LogP contribution in [0.15, 0.2) is 42.5 Å². The van der Waals surface area contributed by atoms with Crippen molar-refractivity contribution in [3.05, 3.63) is 53.8 Å². The summed E-state index contributed by atoms with van der Waals surface area (Å²) < 4.78 is 20.1. The number of benzene rings is 2. The summed E-state index contributed by atoms with van der Waals surface area (Å²) in [5.41, 5.74) is 2.96. The molecule has 158 valence electrons. The maximum Gasteiger partial charge on any atom is 0.414 e. The summed E-state index contributed by atoms with van der Waals surface area (Å²) in [6.45, 7) is 5.12. The average Bonchev–Trinajstić information content (AvgIpc) is 3.36. The standard InChI is InChI=1S/C23H26FN3O3/c1-16(28)25-13-20-15-27(23(29)30-20)19-8-9-21(22(24)12-19)18-6-4-17(5-7-18)14-26-10-2-3-11-26/h4-9,12,20H,2-3,10-11,13-15H2,1H3,(H,25,28)/t20-/m0/s1. The van der Waals surface area contributed by atoms with Crippen molar-refractivity contribution in [1.82, 2.24) is 10.2 Å². The van der Waals surface area contributed by atoms with Crippen LogP contribution in [-0.4, -0.2) is 49.2 Å². The Hall–Kier alpha value is -2.93. The first-order valence-electron chi connectivity index (χ1n) is 10.3. The van der Waals surface area contributed by atoms with Crippen LogP contribution in [0, 0.1) is 5.82 Å². The van der Waals surface area contributed by atoms with Gasteiger partial charge in [-0.05, 0) is 55.3 Å². The fourth-order valence-electron chi connectivity index (χ4n) is 3.99. The maximum atomic E-state index is 14.9. The molecule has 1 atom stereocenters. The molecule has 2 heterocycles. The number of halogens is 1. The van der Waals surface area contributed by atoms with Gasteiger partial charge in [0.05, 0.1) is 18.8 Å². The van der Waals surface area contributed by atoms with Gasteiger partial charge in [-0.1, -0.05) is 24.3 Å². The molecule has 0 unspecified atom stereocenters. The zero-order chi connectivity index (χ0) is 21.1. The smallest absolute Gasteiger partial charge is 0.414 e. The lowest BCUT2D eigenvalue weighted by molar-refractivity contribution is -0.119. The third kappa shape index (κ3) is 4.62. The maximum absolute atomic E-state index is 14.9. The minimum atomic E-state index is -0.538. The van der Waals surface area contributed by atoms with Gasteiger partial charge in [0.25, 0.3) is 0 Å². The van der Waals surface area contributed by atoms with Gasteiger partial charge in [0.15, 0.2) is 0 Å². The van der Waals surface area contributed by atoms with E-state index in [-0.39, 0.29) is 19.0 Å². The number of hydrogen-bond acceptors (Lipinski definition) is 4. The molecule has 1 N–H and O–H groups in total. The summed E-state index contributed by atoms with van der Waals surface area (Å²) in [5.74, 6) is -0.579. The van der Waals surface area contributed by atoms with Crippen LogP contribution in [0.2, 0.25) is 0 Å². The number of cyclic esters (lactones) is 1. The number of amides is 2. The molecule has 0 aliphatic carbocycles. The number of hydrogen-bond donors (Lipinski definition) is 1. The highest BCUT2D eigenvalue weighted by Gasteiger charge is 2.32. The second kappa shape index (κ2) is 8.83. The number of carbonyl (C=O) groups excluding carboxylic acids is 2. The zero-order valence-electron chi connectivity index (χ0n) is 17.1. The first-order chi connectivity index (χ1) is 14.5. The molecule has 7 heteroatoms. The Labute approximate surface area is 175 Å². The molecule has 0 saturated carbocycles. The van der Waals surface area contributed by atoms with Crippen LogP contribution in [0.25, 0.3) is 11.1 Å². The van der Waals surface area contributed by atoms with E-state index in [1.165, 1.54) is 36.3 Å². The van der Waals surface area contributed by atoms with Crippen molar-refractivity contribution >= 4 is 17.7 Å². The van der Waals surface area contributed by atoms with Crippen molar-refractivity contribution in [2.24, 2.45) is 0 Å². The summed E-state index contributed by atoms with van der Waals surface area (Å²) in [6.07, 6.45) is 1.53. The predicted molar refractivity (Wildman–Crippen MR) is 113 cm³/mol. The van der Waals surface area contributed by atoms with Crippen LogP contribution in [0.1, 0.15) is 25.3 Å². The SMILES string of the molecule is CC(=O)NC[C@H]1CN(c2ccc(-c3ccc(CN4CCCC4)cc3)c(F)c2)C(=O)O1. The Morgan fingerprint density at radius 2 is 1.90 bits per heavy atom. The van der Waals surface area contributed by atoms with Crippen molar-refractivity contribution in [3.63, 3.8) is 0 Å². The first kappa shape index (κ1) is 20.3. The molecule has 4 rings (SSSR count). The van der Waals surface area contributed by atoms with Gasteiger partial charge in [-0.3, -0.25) is 14.6 Å². The van der Waals surface area contributed by atoms with Gasteiger partial charge in [-0.25, -0.2) is 9.18 Å². The van der Waals surface area contributed by atoms with Gasteiger partial charge < -0.3 is 10.1 Å². The van der Waals surface area contributed by atoms with E-state index in [9.17, 15) is 14.0 Å². The van der Waals surface area contributed by atoms with Crippen LogP contribution < -0.4 is 10.2 Å². The van der Waals surface area contributed by atoms with Gasteiger partial charge in [0.2, 0.25) is 5.91 Å². The summed E-state index contributed by atoms with van der Waals surface area (Å²) in [5, 5.41) is 2.63. The molecule has 30 heavy (non-hydrogen) atoms. The van der Waals surface area contributed by atoms with E-state index in [0.29, 0.717) is 11.3 Å². The molecule has 0 spiro atoms. The molecular formula is C23H26FN3O3. The van der Waals surface area contributed by atoms with E-state index in [1.807, 2.05) is 24.3 Å². The quantitative estimate of drug-likeness (QED) is 0.790. The average molecular weight is 411 g/mol. The molecule has 0 radical (unpaired) electrons. The van der Waals surface area contributed by atoms with Crippen molar-refractivity contribution < 1.29 is 18.7 Å². The topological polar surface area (TPSA) is 61.9 Å². The monoisotopic (exact) mass is 411 g/mol. The molecule has 6 nitrogen and oxygen atoms in total. The second-order valence-electron chi connectivity index (χ2n) is 7.90. The molecule has 2 aliphatic heterocycles. The molecular weight excluding hydrogens is 385 g/mol. The lowest BCUT2D eigenvalue weighted by atomic mass is 10.0. The van der Waals surface area contributed by atoms with Crippen molar-refractivity contribution in [2.75, 3.05) is 31.1 Å². The second-order valence-corrected chi connectivity index (χ2v) is 7.90. The Kier molecular flexibility index (Phi) is 5.99. The first-order valence-corrected chi connectivity index (χ1v) is 10.3. The highest BCUT2D eigenvalue weighted by atomic mass is 19.1. The van der Waals surface area contributed by atoms with Gasteiger partial charge in [0, 0.05) is 19.0 Å². The summed E-state index contributed by atoms with van der Waals surface area (Å²) >= 11 is 0. The van der Waals surface area contributed by atoms with E-state index in [4.69, 9.17) is 4.74 Å². The van der Waals surface area contributed by atoms with Crippen molar-refractivity contribution in [2.45, 2.75) is 32.4 Å². The van der Waals surface area contributed by atoms with E-state index < -0.39 is 18.0 Å². The number of carbonyl (C=O) groups is 2. The Morgan fingerprint density at radius 3 is 2.57 bits per heavy atom. The number of likely N-dealkylation sites (tertiary alicyclic amines) is 1. The van der Waals surface area contributed by atoms with Gasteiger partial charge in [-0.2, -0.15) is 0 Å². The van der Waals surface area contributed by atoms with Crippen LogP contribution in [-0.2, 0) is 16.1 Å². The summed E-state index contributed by atoms with van der Waals surface area (Å²) in [6, 6.07) is 12.7. The molecule has 0 aromatic heterocycles. The summed E-state index contributed by atoms with van der Waals surface area (Å²) in [4.78, 5) is 27.0. The number of nitrogens with one attached hydrogen (secondary N) is 1. The zero-order valence-corrected chi connectivity index (χ0v) is 17.1. The predicted octanol–water partition coefficient (Wildman–Crippen LogP) is 3.55. The van der Waals surface area contributed by atoms with E-state index in [2.05, 4.69) is 10.2 Å². The Bertz CT molecular complexity index is 926. The van der Waals surface area contributed by atoms with E-state index in [1.54, 1.807) is 12.1 Å². The molecule has 2 aromatic carbocycles. The Morgan fingerprint density at radius 1 is 1.17 bits per heavy atom. The Balaban J connectivity index is 1.44. The fraction of sp³-hybridized carbons (Fsp3) is 0.391. The summed E-state index contributed by atoms with van der Waals surface area (Å²) in [7, 11) is 0. The number of nitrogens with zero attached hydrogens (tertiary/aromatic N) is 2.